The average molecular weight is 177 g/mol. The highest BCUT2D eigenvalue weighted by Crippen LogP contribution is 2.17. The van der Waals surface area contributed by atoms with Gasteiger partial charge in [-0.05, 0) is 6.07 Å². The molecule has 2 aromatic heterocycles. The van der Waals surface area contributed by atoms with E-state index < -0.39 is 0 Å². The summed E-state index contributed by atoms with van der Waals surface area (Å²) >= 11 is 0. The van der Waals surface area contributed by atoms with Gasteiger partial charge in [0.15, 0.2) is 5.65 Å². The third-order valence-corrected chi connectivity index (χ3v) is 1.90. The number of fused-ring (bicyclic) bond motifs is 1. The Morgan fingerprint density at radius 2 is 2.46 bits per heavy atom. The van der Waals surface area contributed by atoms with Gasteiger partial charge in [-0.25, -0.2) is 9.97 Å². The summed E-state index contributed by atoms with van der Waals surface area (Å²) in [7, 11) is 1.86. The first-order valence-corrected chi connectivity index (χ1v) is 4.06. The van der Waals surface area contributed by atoms with Crippen molar-refractivity contribution in [3.05, 3.63) is 18.1 Å². The molecule has 0 radical (unpaired) electrons. The number of nitrogens with two attached hydrogens (primary N) is 1. The van der Waals surface area contributed by atoms with Crippen molar-refractivity contribution in [1.82, 2.24) is 15.0 Å². The highest BCUT2D eigenvalue weighted by Gasteiger charge is 2.05. The molecule has 0 saturated carbocycles. The summed E-state index contributed by atoms with van der Waals surface area (Å²) in [5.41, 5.74) is 8.06. The van der Waals surface area contributed by atoms with E-state index in [1.165, 1.54) is 0 Å². The molecule has 2 aromatic rings. The number of hydrogen-bond donors (Lipinski definition) is 3. The molecular formula is C8H11N5. The van der Waals surface area contributed by atoms with Gasteiger partial charge in [-0.15, -0.1) is 0 Å². The van der Waals surface area contributed by atoms with Crippen LogP contribution >= 0.6 is 0 Å². The molecule has 13 heavy (non-hydrogen) atoms. The van der Waals surface area contributed by atoms with Crippen molar-refractivity contribution in [1.29, 1.82) is 0 Å². The van der Waals surface area contributed by atoms with Crippen LogP contribution in [0, 0.1) is 0 Å². The van der Waals surface area contributed by atoms with Gasteiger partial charge in [0.2, 0.25) is 0 Å². The zero-order valence-electron chi connectivity index (χ0n) is 7.33. The summed E-state index contributed by atoms with van der Waals surface area (Å²) in [5, 5.41) is 3.06. The molecule has 0 unspecified atom stereocenters. The Morgan fingerprint density at radius 3 is 3.15 bits per heavy atom. The van der Waals surface area contributed by atoms with E-state index in [0.717, 1.165) is 17.0 Å². The van der Waals surface area contributed by atoms with Gasteiger partial charge in [0.05, 0.1) is 12.2 Å². The first kappa shape index (κ1) is 8.00. The van der Waals surface area contributed by atoms with Crippen molar-refractivity contribution in [3.63, 3.8) is 0 Å². The Balaban J connectivity index is 2.67. The minimum atomic E-state index is 0.402. The molecule has 5 heteroatoms. The van der Waals surface area contributed by atoms with Gasteiger partial charge in [-0.3, -0.25) is 0 Å². The molecule has 4 N–H and O–H groups in total. The summed E-state index contributed by atoms with van der Waals surface area (Å²) in [6.07, 6.45) is 1.72. The minimum absolute atomic E-state index is 0.402. The number of hydrogen-bond acceptors (Lipinski definition) is 4. The normalized spacial score (nSPS) is 10.6. The van der Waals surface area contributed by atoms with Crippen molar-refractivity contribution < 1.29 is 0 Å². The third-order valence-electron chi connectivity index (χ3n) is 1.90. The Bertz CT molecular complexity index is 419. The van der Waals surface area contributed by atoms with Crippen molar-refractivity contribution >= 4 is 16.9 Å². The van der Waals surface area contributed by atoms with Crippen LogP contribution in [-0.2, 0) is 6.54 Å². The minimum Gasteiger partial charge on any atom is -0.386 e. The second-order valence-electron chi connectivity index (χ2n) is 2.69. The molecule has 0 aliphatic carbocycles. The number of rotatable bonds is 2. The van der Waals surface area contributed by atoms with Gasteiger partial charge in [-0.2, -0.15) is 0 Å². The van der Waals surface area contributed by atoms with E-state index in [4.69, 9.17) is 5.73 Å². The monoisotopic (exact) mass is 177 g/mol. The summed E-state index contributed by atoms with van der Waals surface area (Å²) in [5.74, 6) is 0.755. The molecule has 0 aliphatic heterocycles. The van der Waals surface area contributed by atoms with Crippen LogP contribution in [0.3, 0.4) is 0 Å². The lowest BCUT2D eigenvalue weighted by molar-refractivity contribution is 0.956. The number of nitrogens with one attached hydrogen (secondary N) is 2. The molecule has 68 valence electrons. The molecule has 0 amide bonds. The number of anilines is 1. The van der Waals surface area contributed by atoms with Crippen molar-refractivity contribution in [2.75, 3.05) is 12.4 Å². The van der Waals surface area contributed by atoms with E-state index in [2.05, 4.69) is 20.3 Å². The largest absolute Gasteiger partial charge is 0.386 e. The number of imidazole rings is 1. The van der Waals surface area contributed by atoms with Crippen LogP contribution in [0.15, 0.2) is 12.3 Å². The highest BCUT2D eigenvalue weighted by atomic mass is 15.0. The van der Waals surface area contributed by atoms with Gasteiger partial charge in [0.1, 0.15) is 11.3 Å². The van der Waals surface area contributed by atoms with Crippen LogP contribution in [0.2, 0.25) is 0 Å². The van der Waals surface area contributed by atoms with Crippen LogP contribution in [0.1, 0.15) is 5.82 Å². The molecule has 2 rings (SSSR count). The van der Waals surface area contributed by atoms with Crippen LogP contribution in [-0.4, -0.2) is 22.0 Å². The van der Waals surface area contributed by atoms with Crippen LogP contribution in [0.4, 0.5) is 5.69 Å². The second-order valence-corrected chi connectivity index (χ2v) is 2.69. The van der Waals surface area contributed by atoms with Crippen molar-refractivity contribution in [2.45, 2.75) is 6.54 Å². The Morgan fingerprint density at radius 1 is 1.62 bits per heavy atom. The van der Waals surface area contributed by atoms with E-state index in [1.807, 2.05) is 13.1 Å². The molecule has 0 aromatic carbocycles. The van der Waals surface area contributed by atoms with Crippen molar-refractivity contribution in [3.8, 4) is 0 Å². The highest BCUT2D eigenvalue weighted by molar-refractivity contribution is 5.85. The summed E-state index contributed by atoms with van der Waals surface area (Å²) < 4.78 is 0. The smallest absolute Gasteiger partial charge is 0.179 e. The quantitative estimate of drug-likeness (QED) is 0.622. The van der Waals surface area contributed by atoms with Crippen LogP contribution in [0.5, 0.6) is 0 Å². The van der Waals surface area contributed by atoms with Gasteiger partial charge in [0, 0.05) is 13.2 Å². The molecule has 2 heterocycles. The zero-order chi connectivity index (χ0) is 9.26. The standard InChI is InChI=1S/C8H11N5/c1-10-5-2-3-11-8-7(5)12-6(4-9)13-8/h2-3H,4,9H2,1H3,(H2,10,11,12,13). The van der Waals surface area contributed by atoms with Gasteiger partial charge in [-0.1, -0.05) is 0 Å². The van der Waals surface area contributed by atoms with Crippen molar-refractivity contribution in [2.24, 2.45) is 5.73 Å². The Labute approximate surface area is 75.4 Å². The Kier molecular flexibility index (Phi) is 1.86. The third kappa shape index (κ3) is 1.23. The lowest BCUT2D eigenvalue weighted by atomic mass is 10.4. The summed E-state index contributed by atoms with van der Waals surface area (Å²) in [4.78, 5) is 11.4. The molecule has 5 nitrogen and oxygen atoms in total. The topological polar surface area (TPSA) is 79.6 Å². The van der Waals surface area contributed by atoms with Crippen LogP contribution < -0.4 is 11.1 Å². The lowest BCUT2D eigenvalue weighted by Crippen LogP contribution is -1.97. The van der Waals surface area contributed by atoms with E-state index in [9.17, 15) is 0 Å². The second kappa shape index (κ2) is 3.02. The van der Waals surface area contributed by atoms with Gasteiger partial charge >= 0.3 is 0 Å². The van der Waals surface area contributed by atoms with Gasteiger partial charge < -0.3 is 16.0 Å². The number of H-pyrrole nitrogens is 1. The maximum Gasteiger partial charge on any atom is 0.179 e. The molecule has 0 fully saturated rings. The maximum absolute atomic E-state index is 5.46. The van der Waals surface area contributed by atoms with E-state index in [0.29, 0.717) is 12.2 Å². The Hall–Kier alpha value is -1.62. The predicted octanol–water partition coefficient (Wildman–Crippen LogP) is 0.458. The fourth-order valence-corrected chi connectivity index (χ4v) is 1.26. The number of aromatic amines is 1. The molecule has 0 bridgehead atoms. The first-order valence-electron chi connectivity index (χ1n) is 4.06. The van der Waals surface area contributed by atoms with E-state index >= 15 is 0 Å². The summed E-state index contributed by atoms with van der Waals surface area (Å²) in [6.45, 7) is 0.402. The molecular weight excluding hydrogens is 166 g/mol. The fourth-order valence-electron chi connectivity index (χ4n) is 1.26. The maximum atomic E-state index is 5.46. The van der Waals surface area contributed by atoms with Gasteiger partial charge in [0.25, 0.3) is 0 Å². The fraction of sp³-hybridized carbons (Fsp3) is 0.250. The number of aromatic nitrogens is 3. The first-order chi connectivity index (χ1) is 6.35. The number of nitrogens with zero attached hydrogens (tertiary/aromatic N) is 2. The van der Waals surface area contributed by atoms with E-state index in [-0.39, 0.29) is 0 Å². The summed E-state index contributed by atoms with van der Waals surface area (Å²) in [6, 6.07) is 1.89. The van der Waals surface area contributed by atoms with E-state index in [1.54, 1.807) is 6.20 Å². The molecule has 0 atom stereocenters. The predicted molar refractivity (Wildman–Crippen MR) is 51.3 cm³/mol. The molecule has 0 spiro atoms. The molecule has 0 aliphatic rings. The number of pyridine rings is 1. The molecule has 0 saturated heterocycles. The zero-order valence-corrected chi connectivity index (χ0v) is 7.33. The lowest BCUT2D eigenvalue weighted by Gasteiger charge is -1.98. The van der Waals surface area contributed by atoms with Crippen LogP contribution in [0.25, 0.3) is 11.2 Å². The SMILES string of the molecule is CNc1ccnc2nc(CN)[nH]c12. The average Bonchev–Trinajstić information content (AvgIpc) is 2.59.